The summed E-state index contributed by atoms with van der Waals surface area (Å²) in [5.74, 6) is 1.15. The van der Waals surface area contributed by atoms with Crippen molar-refractivity contribution in [1.82, 2.24) is 9.80 Å². The first kappa shape index (κ1) is 15.0. The van der Waals surface area contributed by atoms with Crippen LogP contribution in [-0.2, 0) is 6.42 Å². The molecule has 3 aliphatic heterocycles. The lowest BCUT2D eigenvalue weighted by atomic mass is 10.1. The van der Waals surface area contributed by atoms with Crippen LogP contribution in [0, 0.1) is 6.92 Å². The average Bonchev–Trinajstić information content (AvgIpc) is 2.99. The minimum absolute atomic E-state index is 1.04. The van der Waals surface area contributed by atoms with E-state index >= 15 is 0 Å². The van der Waals surface area contributed by atoms with Crippen LogP contribution in [0.25, 0.3) is 0 Å². The zero-order valence-corrected chi connectivity index (χ0v) is 15.0. The Hall–Kier alpha value is -2.33. The maximum atomic E-state index is 5.20. The van der Waals surface area contributed by atoms with Crippen molar-refractivity contribution in [3.05, 3.63) is 53.1 Å². The minimum atomic E-state index is 1.04. The Balaban J connectivity index is 1.71. The zero-order chi connectivity index (χ0) is 17.0. The summed E-state index contributed by atoms with van der Waals surface area (Å²) in [4.78, 5) is 12.5. The number of para-hydroxylation sites is 1. The van der Waals surface area contributed by atoms with Crippen LogP contribution in [-0.4, -0.2) is 55.4 Å². The predicted octanol–water partition coefficient (Wildman–Crippen LogP) is 3.33. The molecule has 2 aromatic rings. The average molecular weight is 332 g/mol. The summed E-state index contributed by atoms with van der Waals surface area (Å²) in [5, 5.41) is 0. The highest BCUT2D eigenvalue weighted by Gasteiger charge is 2.31. The summed E-state index contributed by atoms with van der Waals surface area (Å²) >= 11 is 0. The van der Waals surface area contributed by atoms with E-state index in [-0.39, 0.29) is 0 Å². The van der Waals surface area contributed by atoms with Crippen LogP contribution in [0.3, 0.4) is 0 Å². The van der Waals surface area contributed by atoms with Gasteiger partial charge >= 0.3 is 0 Å². The molecule has 0 N–H and O–H groups in total. The third-order valence-corrected chi connectivity index (χ3v) is 5.69. The van der Waals surface area contributed by atoms with Crippen molar-refractivity contribution >= 4 is 22.9 Å². The van der Waals surface area contributed by atoms with E-state index in [0.29, 0.717) is 0 Å². The van der Waals surface area contributed by atoms with Gasteiger partial charge in [-0.3, -0.25) is 0 Å². The van der Waals surface area contributed by atoms with Crippen molar-refractivity contribution in [2.75, 3.05) is 44.7 Å². The lowest BCUT2D eigenvalue weighted by Gasteiger charge is -2.35. The number of aryl methyl sites for hydroxylation is 1. The van der Waals surface area contributed by atoms with E-state index in [1.165, 1.54) is 28.1 Å². The molecule has 1 saturated heterocycles. The highest BCUT2D eigenvalue weighted by molar-refractivity contribution is 6.09. The molecule has 0 radical (unpaired) electrons. The van der Waals surface area contributed by atoms with Gasteiger partial charge in [0.05, 0.1) is 17.1 Å². The van der Waals surface area contributed by atoms with E-state index in [0.717, 1.165) is 50.7 Å². The van der Waals surface area contributed by atoms with Crippen LogP contribution in [0.4, 0.5) is 17.1 Å². The zero-order valence-electron chi connectivity index (χ0n) is 15.0. The van der Waals surface area contributed by atoms with Gasteiger partial charge in [-0.25, -0.2) is 4.99 Å². The quantitative estimate of drug-likeness (QED) is 0.739. The SMILES string of the molecule is Cc1ccc2c(c1)N=C(N1CCN(C)CC1)c1cccc3c1N2CC3. The van der Waals surface area contributed by atoms with Crippen LogP contribution < -0.4 is 4.90 Å². The van der Waals surface area contributed by atoms with Crippen LogP contribution in [0.15, 0.2) is 41.4 Å². The third-order valence-electron chi connectivity index (χ3n) is 5.69. The van der Waals surface area contributed by atoms with Crippen molar-refractivity contribution in [1.29, 1.82) is 0 Å². The summed E-state index contributed by atoms with van der Waals surface area (Å²) in [6, 6.07) is 13.4. The molecule has 0 unspecified atom stereocenters. The van der Waals surface area contributed by atoms with E-state index in [9.17, 15) is 0 Å². The number of amidine groups is 1. The summed E-state index contributed by atoms with van der Waals surface area (Å²) in [7, 11) is 2.20. The van der Waals surface area contributed by atoms with Crippen molar-refractivity contribution < 1.29 is 0 Å². The largest absolute Gasteiger partial charge is 0.353 e. The first-order valence-electron chi connectivity index (χ1n) is 9.23. The number of hydrogen-bond acceptors (Lipinski definition) is 4. The van der Waals surface area contributed by atoms with Gasteiger partial charge in [-0.2, -0.15) is 0 Å². The molecule has 4 heteroatoms. The number of likely N-dealkylation sites (N-methyl/N-ethyl adjacent to an activating group) is 1. The molecule has 0 bridgehead atoms. The van der Waals surface area contributed by atoms with E-state index in [2.05, 4.69) is 65.1 Å². The highest BCUT2D eigenvalue weighted by atomic mass is 15.3. The number of rotatable bonds is 0. The fraction of sp³-hybridized carbons (Fsp3) is 0.381. The van der Waals surface area contributed by atoms with Crippen molar-refractivity contribution in [2.24, 2.45) is 4.99 Å². The second-order valence-electron chi connectivity index (χ2n) is 7.43. The lowest BCUT2D eigenvalue weighted by molar-refractivity contribution is 0.216. The van der Waals surface area contributed by atoms with Crippen molar-refractivity contribution in [3.63, 3.8) is 0 Å². The molecule has 0 atom stereocenters. The molecule has 25 heavy (non-hydrogen) atoms. The van der Waals surface area contributed by atoms with E-state index < -0.39 is 0 Å². The normalized spacial score (nSPS) is 19.4. The molecule has 1 fully saturated rings. The minimum Gasteiger partial charge on any atom is -0.353 e. The summed E-state index contributed by atoms with van der Waals surface area (Å²) < 4.78 is 0. The first-order valence-corrected chi connectivity index (χ1v) is 9.23. The predicted molar refractivity (Wildman–Crippen MR) is 104 cm³/mol. The van der Waals surface area contributed by atoms with E-state index in [1.807, 2.05) is 0 Å². The van der Waals surface area contributed by atoms with Gasteiger partial charge in [0.25, 0.3) is 0 Å². The van der Waals surface area contributed by atoms with Crippen LogP contribution in [0.5, 0.6) is 0 Å². The number of piperazine rings is 1. The molecule has 3 aliphatic rings. The van der Waals surface area contributed by atoms with Crippen molar-refractivity contribution in [3.8, 4) is 0 Å². The molecule has 0 amide bonds. The smallest absolute Gasteiger partial charge is 0.138 e. The number of nitrogens with zero attached hydrogens (tertiary/aromatic N) is 4. The number of aliphatic imine (C=N–C) groups is 1. The Bertz CT molecular complexity index is 862. The number of hydrogen-bond donors (Lipinski definition) is 0. The summed E-state index contributed by atoms with van der Waals surface area (Å²) in [6.45, 7) is 7.48. The Kier molecular flexibility index (Phi) is 3.35. The van der Waals surface area contributed by atoms with Gasteiger partial charge < -0.3 is 14.7 Å². The standard InChI is InChI=1S/C21H24N4/c1-15-6-7-19-18(14-15)22-21(24-12-10-23(2)11-13-24)17-5-3-4-16-8-9-25(19)20(16)17/h3-7,14H,8-13H2,1-2H3. The van der Waals surface area contributed by atoms with E-state index in [1.54, 1.807) is 0 Å². The maximum absolute atomic E-state index is 5.20. The van der Waals surface area contributed by atoms with E-state index in [4.69, 9.17) is 4.99 Å². The first-order chi connectivity index (χ1) is 12.2. The fourth-order valence-corrected chi connectivity index (χ4v) is 4.26. The Morgan fingerprint density at radius 2 is 1.80 bits per heavy atom. The number of benzene rings is 2. The van der Waals surface area contributed by atoms with Crippen LogP contribution in [0.2, 0.25) is 0 Å². The molecule has 0 spiro atoms. The Morgan fingerprint density at radius 1 is 0.960 bits per heavy atom. The summed E-state index contributed by atoms with van der Waals surface area (Å²) in [5.41, 5.74) is 7.76. The molecule has 0 aromatic heterocycles. The highest BCUT2D eigenvalue weighted by Crippen LogP contribution is 2.45. The topological polar surface area (TPSA) is 22.1 Å². The Labute approximate surface area is 149 Å². The molecule has 0 aliphatic carbocycles. The lowest BCUT2D eigenvalue weighted by Crippen LogP contribution is -2.47. The molecule has 0 saturated carbocycles. The molecular weight excluding hydrogens is 308 g/mol. The number of fused-ring (bicyclic) bond motifs is 2. The molecule has 128 valence electrons. The van der Waals surface area contributed by atoms with Crippen molar-refractivity contribution in [2.45, 2.75) is 13.3 Å². The van der Waals surface area contributed by atoms with Crippen LogP contribution >= 0.6 is 0 Å². The molecule has 5 rings (SSSR count). The Morgan fingerprint density at radius 3 is 2.64 bits per heavy atom. The molecular formula is C21H24N4. The maximum Gasteiger partial charge on any atom is 0.138 e. The van der Waals surface area contributed by atoms with Gasteiger partial charge in [0.2, 0.25) is 0 Å². The second-order valence-corrected chi connectivity index (χ2v) is 7.43. The van der Waals surface area contributed by atoms with Crippen LogP contribution in [0.1, 0.15) is 16.7 Å². The van der Waals surface area contributed by atoms with Gasteiger partial charge in [-0.1, -0.05) is 18.2 Å². The van der Waals surface area contributed by atoms with Gasteiger partial charge in [0.1, 0.15) is 5.84 Å². The fourth-order valence-electron chi connectivity index (χ4n) is 4.26. The number of anilines is 2. The van der Waals surface area contributed by atoms with Gasteiger partial charge in [-0.05, 0) is 49.7 Å². The monoisotopic (exact) mass is 332 g/mol. The van der Waals surface area contributed by atoms with Gasteiger partial charge in [0.15, 0.2) is 0 Å². The molecule has 3 heterocycles. The second kappa shape index (κ2) is 5.60. The van der Waals surface area contributed by atoms with Gasteiger partial charge in [0, 0.05) is 38.3 Å². The summed E-state index contributed by atoms with van der Waals surface area (Å²) in [6.07, 6.45) is 1.12. The molecule has 2 aromatic carbocycles. The van der Waals surface area contributed by atoms with Gasteiger partial charge in [-0.15, -0.1) is 0 Å². The molecule has 4 nitrogen and oxygen atoms in total. The third kappa shape index (κ3) is 2.35.